The topological polar surface area (TPSA) is 49.4 Å². The van der Waals surface area contributed by atoms with E-state index in [2.05, 4.69) is 21.2 Å². The van der Waals surface area contributed by atoms with Gasteiger partial charge in [0.05, 0.1) is 5.56 Å². The van der Waals surface area contributed by atoms with Crippen LogP contribution in [0.1, 0.15) is 28.8 Å². The standard InChI is InChI=1S/C18H17BrN2O2/c1-12-8-9-13(11-16(12)21-10-4-7-17(21)22)20-18(23)14-5-2-3-6-15(14)19/h2-3,5-6,8-9,11H,4,7,10H2,1H3,(H,20,23). The first-order valence-corrected chi connectivity index (χ1v) is 8.32. The van der Waals surface area contributed by atoms with E-state index in [1.54, 1.807) is 11.0 Å². The minimum absolute atomic E-state index is 0.141. The van der Waals surface area contributed by atoms with Crippen molar-refractivity contribution in [3.8, 4) is 0 Å². The second-order valence-electron chi connectivity index (χ2n) is 5.58. The van der Waals surface area contributed by atoms with Gasteiger partial charge in [-0.05, 0) is 59.1 Å². The molecule has 3 rings (SSSR count). The van der Waals surface area contributed by atoms with Gasteiger partial charge in [-0.3, -0.25) is 9.59 Å². The maximum Gasteiger partial charge on any atom is 0.256 e. The highest BCUT2D eigenvalue weighted by atomic mass is 79.9. The van der Waals surface area contributed by atoms with E-state index in [0.29, 0.717) is 17.7 Å². The zero-order valence-electron chi connectivity index (χ0n) is 12.8. The molecule has 23 heavy (non-hydrogen) atoms. The summed E-state index contributed by atoms with van der Waals surface area (Å²) in [4.78, 5) is 26.1. The highest BCUT2D eigenvalue weighted by Crippen LogP contribution is 2.28. The average molecular weight is 373 g/mol. The maximum absolute atomic E-state index is 12.4. The van der Waals surface area contributed by atoms with Crippen LogP contribution in [0.5, 0.6) is 0 Å². The Hall–Kier alpha value is -2.14. The molecule has 1 fully saturated rings. The third-order valence-corrected chi connectivity index (χ3v) is 4.64. The first-order chi connectivity index (χ1) is 11.1. The predicted molar refractivity (Wildman–Crippen MR) is 94.9 cm³/mol. The molecule has 2 aromatic carbocycles. The van der Waals surface area contributed by atoms with Gasteiger partial charge in [0.15, 0.2) is 0 Å². The number of carbonyl (C=O) groups excluding carboxylic acids is 2. The third-order valence-electron chi connectivity index (χ3n) is 3.95. The Kier molecular flexibility index (Phi) is 4.48. The number of anilines is 2. The van der Waals surface area contributed by atoms with Gasteiger partial charge in [0.25, 0.3) is 5.91 Å². The van der Waals surface area contributed by atoms with Crippen molar-refractivity contribution >= 4 is 39.1 Å². The van der Waals surface area contributed by atoms with Crippen LogP contribution in [0.4, 0.5) is 11.4 Å². The molecule has 1 saturated heterocycles. The van der Waals surface area contributed by atoms with Gasteiger partial charge in [-0.1, -0.05) is 18.2 Å². The summed E-state index contributed by atoms with van der Waals surface area (Å²) in [6.45, 7) is 2.71. The molecule has 0 unspecified atom stereocenters. The summed E-state index contributed by atoms with van der Waals surface area (Å²) >= 11 is 3.38. The van der Waals surface area contributed by atoms with Gasteiger partial charge in [-0.15, -0.1) is 0 Å². The van der Waals surface area contributed by atoms with E-state index in [4.69, 9.17) is 0 Å². The summed E-state index contributed by atoms with van der Waals surface area (Å²) in [6.07, 6.45) is 1.47. The van der Waals surface area contributed by atoms with Crippen molar-refractivity contribution in [2.24, 2.45) is 0 Å². The van der Waals surface area contributed by atoms with E-state index in [-0.39, 0.29) is 11.8 Å². The van der Waals surface area contributed by atoms with Crippen LogP contribution >= 0.6 is 15.9 Å². The fourth-order valence-electron chi connectivity index (χ4n) is 2.72. The summed E-state index contributed by atoms with van der Waals surface area (Å²) < 4.78 is 0.750. The monoisotopic (exact) mass is 372 g/mol. The molecule has 118 valence electrons. The SMILES string of the molecule is Cc1ccc(NC(=O)c2ccccc2Br)cc1N1CCCC1=O. The van der Waals surface area contributed by atoms with Crippen molar-refractivity contribution in [2.45, 2.75) is 19.8 Å². The summed E-state index contributed by atoms with van der Waals surface area (Å²) in [5.41, 5.74) is 3.16. The van der Waals surface area contributed by atoms with Crippen LogP contribution in [0, 0.1) is 6.92 Å². The molecule has 0 bridgehead atoms. The largest absolute Gasteiger partial charge is 0.322 e. The quantitative estimate of drug-likeness (QED) is 0.879. The summed E-state index contributed by atoms with van der Waals surface area (Å²) in [7, 11) is 0. The van der Waals surface area contributed by atoms with Gasteiger partial charge in [-0.2, -0.15) is 0 Å². The molecule has 1 aliphatic heterocycles. The van der Waals surface area contributed by atoms with E-state index < -0.39 is 0 Å². The number of hydrogen-bond acceptors (Lipinski definition) is 2. The van der Waals surface area contributed by atoms with Crippen LogP contribution in [-0.4, -0.2) is 18.4 Å². The van der Waals surface area contributed by atoms with Gasteiger partial charge < -0.3 is 10.2 Å². The second-order valence-corrected chi connectivity index (χ2v) is 6.44. The Balaban J connectivity index is 1.85. The molecule has 0 radical (unpaired) electrons. The third kappa shape index (κ3) is 3.29. The predicted octanol–water partition coefficient (Wildman–Crippen LogP) is 4.14. The van der Waals surface area contributed by atoms with E-state index in [9.17, 15) is 9.59 Å². The minimum atomic E-state index is -0.181. The number of hydrogen-bond donors (Lipinski definition) is 1. The fourth-order valence-corrected chi connectivity index (χ4v) is 3.19. The maximum atomic E-state index is 12.4. The zero-order valence-corrected chi connectivity index (χ0v) is 14.4. The zero-order chi connectivity index (χ0) is 16.4. The fraction of sp³-hybridized carbons (Fsp3) is 0.222. The lowest BCUT2D eigenvalue weighted by atomic mass is 10.1. The van der Waals surface area contributed by atoms with Crippen molar-refractivity contribution in [2.75, 3.05) is 16.8 Å². The molecular formula is C18H17BrN2O2. The van der Waals surface area contributed by atoms with Gasteiger partial charge in [0.1, 0.15) is 0 Å². The number of halogens is 1. The molecule has 0 spiro atoms. The van der Waals surface area contributed by atoms with Crippen LogP contribution in [-0.2, 0) is 4.79 Å². The lowest BCUT2D eigenvalue weighted by Crippen LogP contribution is -2.24. The number of rotatable bonds is 3. The number of nitrogens with one attached hydrogen (secondary N) is 1. The molecule has 1 N–H and O–H groups in total. The first-order valence-electron chi connectivity index (χ1n) is 7.53. The van der Waals surface area contributed by atoms with Gasteiger partial charge in [0.2, 0.25) is 5.91 Å². The molecule has 1 aliphatic rings. The van der Waals surface area contributed by atoms with Crippen molar-refractivity contribution in [1.82, 2.24) is 0 Å². The smallest absolute Gasteiger partial charge is 0.256 e. The first kappa shape index (κ1) is 15.7. The summed E-state index contributed by atoms with van der Waals surface area (Å²) in [6, 6.07) is 12.9. The number of amides is 2. The van der Waals surface area contributed by atoms with E-state index >= 15 is 0 Å². The summed E-state index contributed by atoms with van der Waals surface area (Å²) in [5, 5.41) is 2.90. The van der Waals surface area contributed by atoms with Crippen LogP contribution in [0.2, 0.25) is 0 Å². The van der Waals surface area contributed by atoms with Crippen LogP contribution in [0.25, 0.3) is 0 Å². The Bertz CT molecular complexity index is 773. The highest BCUT2D eigenvalue weighted by Gasteiger charge is 2.23. The van der Waals surface area contributed by atoms with E-state index in [1.165, 1.54) is 0 Å². The lowest BCUT2D eigenvalue weighted by molar-refractivity contribution is -0.117. The van der Waals surface area contributed by atoms with Crippen molar-refractivity contribution in [1.29, 1.82) is 0 Å². The number of nitrogens with zero attached hydrogens (tertiary/aromatic N) is 1. The molecule has 2 aromatic rings. The Labute approximate surface area is 143 Å². The summed E-state index contributed by atoms with van der Waals surface area (Å²) in [5.74, 6) is -0.0394. The Morgan fingerprint density at radius 1 is 1.22 bits per heavy atom. The molecule has 2 amide bonds. The molecule has 4 nitrogen and oxygen atoms in total. The van der Waals surface area contributed by atoms with E-state index in [0.717, 1.165) is 28.7 Å². The van der Waals surface area contributed by atoms with Gasteiger partial charge in [0, 0.05) is 28.8 Å². The van der Waals surface area contributed by atoms with Crippen LogP contribution in [0.3, 0.4) is 0 Å². The molecule has 0 atom stereocenters. The lowest BCUT2D eigenvalue weighted by Gasteiger charge is -2.19. The molecule has 0 saturated carbocycles. The van der Waals surface area contributed by atoms with Crippen LogP contribution < -0.4 is 10.2 Å². The van der Waals surface area contributed by atoms with Crippen molar-refractivity contribution < 1.29 is 9.59 Å². The molecular weight excluding hydrogens is 356 g/mol. The number of aryl methyl sites for hydroxylation is 1. The van der Waals surface area contributed by atoms with Crippen molar-refractivity contribution in [3.05, 3.63) is 58.1 Å². The van der Waals surface area contributed by atoms with Crippen molar-refractivity contribution in [3.63, 3.8) is 0 Å². The molecule has 5 heteroatoms. The minimum Gasteiger partial charge on any atom is -0.322 e. The average Bonchev–Trinajstić information content (AvgIpc) is 2.95. The molecule has 1 heterocycles. The second kappa shape index (κ2) is 6.54. The molecule has 0 aromatic heterocycles. The number of carbonyl (C=O) groups is 2. The van der Waals surface area contributed by atoms with E-state index in [1.807, 2.05) is 43.3 Å². The normalized spacial score (nSPS) is 14.2. The Morgan fingerprint density at radius 2 is 2.00 bits per heavy atom. The van der Waals surface area contributed by atoms with Crippen LogP contribution in [0.15, 0.2) is 46.9 Å². The van der Waals surface area contributed by atoms with Gasteiger partial charge in [-0.25, -0.2) is 0 Å². The highest BCUT2D eigenvalue weighted by molar-refractivity contribution is 9.10. The van der Waals surface area contributed by atoms with Gasteiger partial charge >= 0.3 is 0 Å². The number of benzene rings is 2. The molecule has 0 aliphatic carbocycles. The Morgan fingerprint density at radius 3 is 2.70 bits per heavy atom.